The van der Waals surface area contributed by atoms with Crippen LogP contribution >= 0.6 is 0 Å². The van der Waals surface area contributed by atoms with Gasteiger partial charge in [-0.3, -0.25) is 19.9 Å². The van der Waals surface area contributed by atoms with Crippen molar-refractivity contribution in [2.45, 2.75) is 26.2 Å². The van der Waals surface area contributed by atoms with E-state index in [1.165, 1.54) is 0 Å². The van der Waals surface area contributed by atoms with Crippen molar-refractivity contribution in [3.05, 3.63) is 81.7 Å². The van der Waals surface area contributed by atoms with Gasteiger partial charge >= 0.3 is 5.97 Å². The minimum absolute atomic E-state index is 0.100. The van der Waals surface area contributed by atoms with Crippen LogP contribution in [0.3, 0.4) is 0 Å². The van der Waals surface area contributed by atoms with Gasteiger partial charge in [0.25, 0.3) is 5.69 Å². The summed E-state index contributed by atoms with van der Waals surface area (Å²) in [6, 6.07) is 12.6. The van der Waals surface area contributed by atoms with E-state index in [1.54, 1.807) is 43.6 Å². The summed E-state index contributed by atoms with van der Waals surface area (Å²) >= 11 is 0. The van der Waals surface area contributed by atoms with Gasteiger partial charge in [0.15, 0.2) is 0 Å². The number of esters is 1. The molecule has 6 nitrogen and oxygen atoms in total. The summed E-state index contributed by atoms with van der Waals surface area (Å²) in [6.07, 6.45) is 4.96. The highest BCUT2D eigenvalue weighted by molar-refractivity contribution is 5.93. The smallest absolute Gasteiger partial charge is 0.306 e. The molecule has 0 N–H and O–H groups in total. The number of carbonyl (C=O) groups excluding carboxylic acids is 1. The fraction of sp³-hybridized carbons (Fsp3) is 0.238. The van der Waals surface area contributed by atoms with Crippen molar-refractivity contribution in [1.82, 2.24) is 4.98 Å². The van der Waals surface area contributed by atoms with Gasteiger partial charge in [-0.2, -0.15) is 0 Å². The Kier molecular flexibility index (Phi) is 5.76. The van der Waals surface area contributed by atoms with E-state index >= 15 is 0 Å². The van der Waals surface area contributed by atoms with Crippen molar-refractivity contribution in [3.8, 4) is 0 Å². The molecule has 6 heteroatoms. The molecule has 0 atom stereocenters. The first-order valence-corrected chi connectivity index (χ1v) is 8.82. The number of carbonyl (C=O) groups is 1. The SMILES string of the molecule is CCOC(=O)CCc1ccncc1Cc1ccc([N+](=O)[O-])c2ccccc12. The van der Waals surface area contributed by atoms with Crippen molar-refractivity contribution >= 4 is 22.4 Å². The zero-order valence-electron chi connectivity index (χ0n) is 15.1. The fourth-order valence-electron chi connectivity index (χ4n) is 3.19. The van der Waals surface area contributed by atoms with E-state index in [2.05, 4.69) is 4.98 Å². The molecule has 0 spiro atoms. The second kappa shape index (κ2) is 8.40. The van der Waals surface area contributed by atoms with Crippen LogP contribution in [0.4, 0.5) is 5.69 Å². The molecule has 27 heavy (non-hydrogen) atoms. The maximum Gasteiger partial charge on any atom is 0.306 e. The third kappa shape index (κ3) is 4.28. The van der Waals surface area contributed by atoms with E-state index < -0.39 is 0 Å². The molecule has 0 aliphatic rings. The predicted octanol–water partition coefficient (Wildman–Crippen LogP) is 4.23. The number of pyridine rings is 1. The summed E-state index contributed by atoms with van der Waals surface area (Å²) < 4.78 is 5.00. The lowest BCUT2D eigenvalue weighted by atomic mass is 9.95. The minimum Gasteiger partial charge on any atom is -0.466 e. The molecule has 0 radical (unpaired) electrons. The zero-order chi connectivity index (χ0) is 19.2. The minimum atomic E-state index is -0.360. The summed E-state index contributed by atoms with van der Waals surface area (Å²) in [7, 11) is 0. The highest BCUT2D eigenvalue weighted by atomic mass is 16.6. The van der Waals surface area contributed by atoms with Gasteiger partial charge in [-0.25, -0.2) is 0 Å². The number of non-ortho nitro benzene ring substituents is 1. The monoisotopic (exact) mass is 364 g/mol. The zero-order valence-corrected chi connectivity index (χ0v) is 15.1. The molecule has 1 aromatic heterocycles. The average molecular weight is 364 g/mol. The maximum absolute atomic E-state index is 11.7. The number of benzene rings is 2. The van der Waals surface area contributed by atoms with E-state index in [4.69, 9.17) is 4.74 Å². The Labute approximate surface area is 157 Å². The molecule has 0 aliphatic heterocycles. The molecule has 0 bridgehead atoms. The highest BCUT2D eigenvalue weighted by Gasteiger charge is 2.15. The van der Waals surface area contributed by atoms with E-state index in [0.29, 0.717) is 31.3 Å². The van der Waals surface area contributed by atoms with Gasteiger partial charge in [0.1, 0.15) is 0 Å². The second-order valence-corrected chi connectivity index (χ2v) is 6.17. The Morgan fingerprint density at radius 3 is 2.59 bits per heavy atom. The third-order valence-corrected chi connectivity index (χ3v) is 4.48. The van der Waals surface area contributed by atoms with Gasteiger partial charge in [-0.05, 0) is 54.0 Å². The molecule has 3 aromatic rings. The number of nitro groups is 1. The maximum atomic E-state index is 11.7. The van der Waals surface area contributed by atoms with Crippen molar-refractivity contribution in [2.24, 2.45) is 0 Å². The van der Waals surface area contributed by atoms with Crippen LogP contribution in [0.2, 0.25) is 0 Å². The number of nitro benzene ring substituents is 1. The Bertz CT molecular complexity index is 985. The molecule has 1 heterocycles. The van der Waals surface area contributed by atoms with Crippen LogP contribution in [0.25, 0.3) is 10.8 Å². The lowest BCUT2D eigenvalue weighted by molar-refractivity contribution is -0.383. The van der Waals surface area contributed by atoms with Gasteiger partial charge in [0.05, 0.1) is 16.9 Å². The number of fused-ring (bicyclic) bond motifs is 1. The van der Waals surface area contributed by atoms with E-state index in [1.807, 2.05) is 18.2 Å². The van der Waals surface area contributed by atoms with Crippen LogP contribution in [0, 0.1) is 10.1 Å². The Balaban J connectivity index is 1.91. The van der Waals surface area contributed by atoms with Gasteiger partial charge in [0, 0.05) is 24.9 Å². The van der Waals surface area contributed by atoms with Crippen molar-refractivity contribution in [1.29, 1.82) is 0 Å². The van der Waals surface area contributed by atoms with Crippen LogP contribution in [0.1, 0.15) is 30.0 Å². The lowest BCUT2D eigenvalue weighted by Crippen LogP contribution is -2.07. The molecule has 138 valence electrons. The van der Waals surface area contributed by atoms with E-state index in [9.17, 15) is 14.9 Å². The number of nitrogens with zero attached hydrogens (tertiary/aromatic N) is 2. The number of hydrogen-bond acceptors (Lipinski definition) is 5. The molecule has 0 fully saturated rings. The molecule has 3 rings (SSSR count). The van der Waals surface area contributed by atoms with Gasteiger partial charge in [0.2, 0.25) is 0 Å². The quantitative estimate of drug-likeness (QED) is 0.356. The van der Waals surface area contributed by atoms with Crippen LogP contribution < -0.4 is 0 Å². The van der Waals surface area contributed by atoms with Crippen LogP contribution in [-0.4, -0.2) is 22.5 Å². The van der Waals surface area contributed by atoms with Crippen LogP contribution in [0.15, 0.2) is 54.9 Å². The molecular formula is C21H20N2O4. The first kappa shape index (κ1) is 18.5. The average Bonchev–Trinajstić information content (AvgIpc) is 2.67. The van der Waals surface area contributed by atoms with Crippen LogP contribution in [0.5, 0.6) is 0 Å². The number of ether oxygens (including phenoxy) is 1. The predicted molar refractivity (Wildman–Crippen MR) is 103 cm³/mol. The molecule has 0 saturated carbocycles. The number of rotatable bonds is 7. The molecular weight excluding hydrogens is 344 g/mol. The normalized spacial score (nSPS) is 10.7. The second-order valence-electron chi connectivity index (χ2n) is 6.17. The topological polar surface area (TPSA) is 82.3 Å². The molecule has 0 aliphatic carbocycles. The molecule has 0 amide bonds. The Morgan fingerprint density at radius 2 is 1.85 bits per heavy atom. The summed E-state index contributed by atoms with van der Waals surface area (Å²) in [5.74, 6) is -0.221. The highest BCUT2D eigenvalue weighted by Crippen LogP contribution is 2.30. The Morgan fingerprint density at radius 1 is 1.07 bits per heavy atom. The van der Waals surface area contributed by atoms with Crippen LogP contribution in [-0.2, 0) is 22.4 Å². The number of aryl methyl sites for hydroxylation is 1. The molecule has 2 aromatic carbocycles. The number of hydrogen-bond donors (Lipinski definition) is 0. The van der Waals surface area contributed by atoms with E-state index in [-0.39, 0.29) is 16.6 Å². The lowest BCUT2D eigenvalue weighted by Gasteiger charge is -2.11. The number of aromatic nitrogens is 1. The molecule has 0 unspecified atom stereocenters. The summed E-state index contributed by atoms with van der Waals surface area (Å²) in [4.78, 5) is 26.8. The van der Waals surface area contributed by atoms with Gasteiger partial charge in [-0.15, -0.1) is 0 Å². The largest absolute Gasteiger partial charge is 0.466 e. The van der Waals surface area contributed by atoms with E-state index in [0.717, 1.165) is 22.1 Å². The fourth-order valence-corrected chi connectivity index (χ4v) is 3.19. The first-order valence-electron chi connectivity index (χ1n) is 8.82. The Hall–Kier alpha value is -3.28. The van der Waals surface area contributed by atoms with Crippen molar-refractivity contribution in [2.75, 3.05) is 6.61 Å². The standard InChI is InChI=1S/C21H20N2O4/c1-2-27-21(24)10-8-15-11-12-22-14-17(15)13-16-7-9-20(23(25)26)19-6-4-3-5-18(16)19/h3-7,9,11-12,14H,2,8,10,13H2,1H3. The molecule has 0 saturated heterocycles. The van der Waals surface area contributed by atoms with Gasteiger partial charge < -0.3 is 4.74 Å². The summed E-state index contributed by atoms with van der Waals surface area (Å²) in [6.45, 7) is 2.16. The summed E-state index contributed by atoms with van der Waals surface area (Å²) in [5, 5.41) is 12.8. The van der Waals surface area contributed by atoms with Crippen molar-refractivity contribution < 1.29 is 14.5 Å². The summed E-state index contributed by atoms with van der Waals surface area (Å²) in [5.41, 5.74) is 3.12. The first-order chi connectivity index (χ1) is 13.1. The van der Waals surface area contributed by atoms with Gasteiger partial charge in [-0.1, -0.05) is 24.3 Å². The van der Waals surface area contributed by atoms with Crippen molar-refractivity contribution in [3.63, 3.8) is 0 Å². The third-order valence-electron chi connectivity index (χ3n) is 4.48.